The van der Waals surface area contributed by atoms with E-state index < -0.39 is 41.1 Å². The van der Waals surface area contributed by atoms with Gasteiger partial charge in [-0.3, -0.25) is 19.7 Å². The Morgan fingerprint density at radius 1 is 0.946 bits per heavy atom. The van der Waals surface area contributed by atoms with Gasteiger partial charge < -0.3 is 25.4 Å². The van der Waals surface area contributed by atoms with E-state index in [1.807, 2.05) is 12.1 Å². The average molecular weight is 504 g/mol. The SMILES string of the molecule is O=C(N[C@@H](Cc1ccc([N+](=O)[O-])cc1)C(=O)N[C@@H]1C(=O)N[C@H]1Oc1ccccc1)OCc1ccccc1. The van der Waals surface area contributed by atoms with Crippen molar-refractivity contribution in [3.8, 4) is 5.75 Å². The fourth-order valence-electron chi connectivity index (χ4n) is 3.60. The molecule has 0 radical (unpaired) electrons. The van der Waals surface area contributed by atoms with Crippen LogP contribution in [0.5, 0.6) is 5.75 Å². The minimum atomic E-state index is -1.13. The number of β-lactam (4-membered cyclic amide) rings is 1. The lowest BCUT2D eigenvalue weighted by Gasteiger charge is -2.37. The van der Waals surface area contributed by atoms with E-state index in [-0.39, 0.29) is 18.7 Å². The molecule has 0 saturated carbocycles. The van der Waals surface area contributed by atoms with Crippen LogP contribution < -0.4 is 20.7 Å². The Morgan fingerprint density at radius 2 is 1.59 bits per heavy atom. The Kier molecular flexibility index (Phi) is 7.94. The third kappa shape index (κ3) is 6.82. The molecule has 0 spiro atoms. The number of alkyl carbamates (subject to hydrolysis) is 1. The number of carbonyl (C=O) groups is 3. The number of nitrogens with zero attached hydrogens (tertiary/aromatic N) is 1. The first kappa shape index (κ1) is 25.2. The third-order valence-electron chi connectivity index (χ3n) is 5.58. The number of nitro benzene ring substituents is 1. The minimum Gasteiger partial charge on any atom is -0.468 e. The molecule has 3 N–H and O–H groups in total. The normalized spacial score (nSPS) is 16.9. The number of benzene rings is 3. The van der Waals surface area contributed by atoms with Crippen LogP contribution in [0.25, 0.3) is 0 Å². The highest BCUT2D eigenvalue weighted by Gasteiger charge is 2.43. The lowest BCUT2D eigenvalue weighted by molar-refractivity contribution is -0.384. The molecule has 4 rings (SSSR count). The molecule has 3 aromatic carbocycles. The first-order valence-electron chi connectivity index (χ1n) is 11.4. The maximum absolute atomic E-state index is 13.2. The average Bonchev–Trinajstić information content (AvgIpc) is 2.91. The number of carbonyl (C=O) groups excluding carboxylic acids is 3. The summed E-state index contributed by atoms with van der Waals surface area (Å²) in [6, 6.07) is 21.3. The number of non-ortho nitro benzene ring substituents is 1. The molecule has 3 atom stereocenters. The summed E-state index contributed by atoms with van der Waals surface area (Å²) in [5, 5.41) is 18.7. The highest BCUT2D eigenvalue weighted by Crippen LogP contribution is 2.17. The quantitative estimate of drug-likeness (QED) is 0.218. The van der Waals surface area contributed by atoms with E-state index in [4.69, 9.17) is 9.47 Å². The van der Waals surface area contributed by atoms with Crippen molar-refractivity contribution in [1.82, 2.24) is 16.0 Å². The smallest absolute Gasteiger partial charge is 0.408 e. The first-order valence-corrected chi connectivity index (χ1v) is 11.4. The molecule has 0 aliphatic carbocycles. The van der Waals surface area contributed by atoms with E-state index in [1.165, 1.54) is 24.3 Å². The Hall–Kier alpha value is -4.93. The second kappa shape index (κ2) is 11.7. The largest absolute Gasteiger partial charge is 0.468 e. The summed E-state index contributed by atoms with van der Waals surface area (Å²) in [5.41, 5.74) is 1.22. The molecule has 3 amide bonds. The van der Waals surface area contributed by atoms with E-state index in [1.54, 1.807) is 48.5 Å². The predicted molar refractivity (Wildman–Crippen MR) is 131 cm³/mol. The van der Waals surface area contributed by atoms with Gasteiger partial charge in [-0.15, -0.1) is 0 Å². The van der Waals surface area contributed by atoms with Gasteiger partial charge in [0, 0.05) is 18.6 Å². The Balaban J connectivity index is 1.43. The molecule has 3 aromatic rings. The summed E-state index contributed by atoms with van der Waals surface area (Å²) >= 11 is 0. The molecule has 11 nitrogen and oxygen atoms in total. The van der Waals surface area contributed by atoms with Crippen molar-refractivity contribution in [1.29, 1.82) is 0 Å². The van der Waals surface area contributed by atoms with Gasteiger partial charge in [0.25, 0.3) is 11.6 Å². The van der Waals surface area contributed by atoms with E-state index in [0.29, 0.717) is 11.3 Å². The summed E-state index contributed by atoms with van der Waals surface area (Å²) in [6.07, 6.45) is -1.62. The minimum absolute atomic E-state index is 0.00279. The van der Waals surface area contributed by atoms with Gasteiger partial charge in [-0.25, -0.2) is 4.79 Å². The number of hydrogen-bond acceptors (Lipinski definition) is 7. The highest BCUT2D eigenvalue weighted by atomic mass is 16.6. The maximum atomic E-state index is 13.2. The van der Waals surface area contributed by atoms with E-state index >= 15 is 0 Å². The topological polar surface area (TPSA) is 149 Å². The Morgan fingerprint density at radius 3 is 2.22 bits per heavy atom. The molecule has 1 aliphatic rings. The van der Waals surface area contributed by atoms with Crippen molar-refractivity contribution in [2.45, 2.75) is 31.3 Å². The lowest BCUT2D eigenvalue weighted by Crippen LogP contribution is -2.72. The summed E-state index contributed by atoms with van der Waals surface area (Å²) < 4.78 is 11.0. The van der Waals surface area contributed by atoms with Crippen LogP contribution in [0.2, 0.25) is 0 Å². The fraction of sp³-hybridized carbons (Fsp3) is 0.192. The highest BCUT2D eigenvalue weighted by molar-refractivity contribution is 5.95. The van der Waals surface area contributed by atoms with E-state index in [0.717, 1.165) is 5.56 Å². The van der Waals surface area contributed by atoms with E-state index in [2.05, 4.69) is 16.0 Å². The monoisotopic (exact) mass is 504 g/mol. The Bertz CT molecular complexity index is 1250. The fourth-order valence-corrected chi connectivity index (χ4v) is 3.60. The summed E-state index contributed by atoms with van der Waals surface area (Å²) in [4.78, 5) is 48.2. The zero-order valence-electron chi connectivity index (χ0n) is 19.5. The Labute approximate surface area is 211 Å². The van der Waals surface area contributed by atoms with Crippen molar-refractivity contribution < 1.29 is 28.8 Å². The second-order valence-electron chi connectivity index (χ2n) is 8.23. The summed E-state index contributed by atoms with van der Waals surface area (Å²) in [7, 11) is 0. The van der Waals surface area contributed by atoms with Gasteiger partial charge in [0.15, 0.2) is 6.04 Å². The molecule has 1 heterocycles. The molecule has 0 aromatic heterocycles. The zero-order chi connectivity index (χ0) is 26.2. The molecule has 1 aliphatic heterocycles. The third-order valence-corrected chi connectivity index (χ3v) is 5.58. The van der Waals surface area contributed by atoms with Crippen LogP contribution >= 0.6 is 0 Å². The maximum Gasteiger partial charge on any atom is 0.408 e. The molecule has 0 unspecified atom stereocenters. The molecule has 0 bridgehead atoms. The zero-order valence-corrected chi connectivity index (χ0v) is 19.5. The van der Waals surface area contributed by atoms with Gasteiger partial charge in [-0.1, -0.05) is 60.7 Å². The number of nitro groups is 1. The molecular weight excluding hydrogens is 480 g/mol. The van der Waals surface area contributed by atoms with Crippen LogP contribution in [-0.4, -0.2) is 41.1 Å². The van der Waals surface area contributed by atoms with E-state index in [9.17, 15) is 24.5 Å². The van der Waals surface area contributed by atoms with Crippen molar-refractivity contribution in [3.63, 3.8) is 0 Å². The van der Waals surface area contributed by atoms with Crippen molar-refractivity contribution in [2.75, 3.05) is 0 Å². The standard InChI is InChI=1S/C26H24N4O7/c31-23(28-22-24(32)29-25(22)37-20-9-5-2-6-10-20)21(15-17-11-13-19(14-12-17)30(34)35)27-26(33)36-16-18-7-3-1-4-8-18/h1-14,21-22,25H,15-16H2,(H,27,33)(H,28,31)(H,29,32)/t21-,22+,25-/m0/s1. The van der Waals surface area contributed by atoms with Crippen LogP contribution in [0.1, 0.15) is 11.1 Å². The van der Waals surface area contributed by atoms with Gasteiger partial charge in [-0.05, 0) is 23.3 Å². The van der Waals surface area contributed by atoms with Gasteiger partial charge in [0.05, 0.1) is 4.92 Å². The van der Waals surface area contributed by atoms with Crippen LogP contribution in [0, 0.1) is 10.1 Å². The second-order valence-corrected chi connectivity index (χ2v) is 8.23. The molecule has 1 saturated heterocycles. The van der Waals surface area contributed by atoms with Gasteiger partial charge >= 0.3 is 6.09 Å². The number of rotatable bonds is 10. The van der Waals surface area contributed by atoms with Crippen molar-refractivity contribution >= 4 is 23.6 Å². The molecule has 37 heavy (non-hydrogen) atoms. The van der Waals surface area contributed by atoms with Crippen LogP contribution in [0.4, 0.5) is 10.5 Å². The van der Waals surface area contributed by atoms with Crippen molar-refractivity contribution in [2.24, 2.45) is 0 Å². The molecule has 190 valence electrons. The molecule has 11 heteroatoms. The van der Waals surface area contributed by atoms with Crippen LogP contribution in [0.3, 0.4) is 0 Å². The number of hydrogen-bond donors (Lipinski definition) is 3. The first-order chi connectivity index (χ1) is 17.9. The number of para-hydroxylation sites is 1. The van der Waals surface area contributed by atoms with Crippen LogP contribution in [0.15, 0.2) is 84.9 Å². The number of amides is 3. The molecular formula is C26H24N4O7. The van der Waals surface area contributed by atoms with Gasteiger partial charge in [0.1, 0.15) is 18.4 Å². The lowest BCUT2D eigenvalue weighted by atomic mass is 10.0. The summed E-state index contributed by atoms with van der Waals surface area (Å²) in [6.45, 7) is -0.00341. The molecule has 1 fully saturated rings. The van der Waals surface area contributed by atoms with Crippen molar-refractivity contribution in [3.05, 3.63) is 106 Å². The van der Waals surface area contributed by atoms with Gasteiger partial charge in [0.2, 0.25) is 12.1 Å². The number of nitrogens with one attached hydrogen (secondary N) is 3. The number of ether oxygens (including phenoxy) is 2. The predicted octanol–water partition coefficient (Wildman–Crippen LogP) is 2.45. The van der Waals surface area contributed by atoms with Gasteiger partial charge in [-0.2, -0.15) is 0 Å². The summed E-state index contributed by atoms with van der Waals surface area (Å²) in [5.74, 6) is -0.566. The van der Waals surface area contributed by atoms with Crippen LogP contribution in [-0.2, 0) is 27.4 Å².